The van der Waals surface area contributed by atoms with Crippen LogP contribution in [-0.4, -0.2) is 23.4 Å². The molecule has 0 aliphatic rings. The number of ether oxygens (including phenoxy) is 2. The van der Waals surface area contributed by atoms with E-state index < -0.39 is 0 Å². The molecule has 0 fully saturated rings. The molecular formula is C58H40N2O2. The van der Waals surface area contributed by atoms with Gasteiger partial charge in [0.05, 0.1) is 36.3 Å². The van der Waals surface area contributed by atoms with Crippen LogP contribution in [0.25, 0.3) is 110 Å². The van der Waals surface area contributed by atoms with E-state index in [1.807, 2.05) is 0 Å². The number of hydrogen-bond acceptors (Lipinski definition) is 2. The molecule has 0 aliphatic carbocycles. The molecule has 294 valence electrons. The first-order chi connectivity index (χ1) is 30.7. The lowest BCUT2D eigenvalue weighted by Gasteiger charge is -2.19. The largest absolute Gasteiger partial charge is 0.496 e. The molecule has 2 aromatic heterocycles. The summed E-state index contributed by atoms with van der Waals surface area (Å²) in [5, 5.41) is 9.51. The molecule has 4 nitrogen and oxygen atoms in total. The number of para-hydroxylation sites is 4. The van der Waals surface area contributed by atoms with E-state index in [0.29, 0.717) is 0 Å². The normalized spacial score (nSPS) is 11.7. The topological polar surface area (TPSA) is 28.3 Å². The molecule has 12 aromatic rings. The average Bonchev–Trinajstić information content (AvgIpc) is 3.86. The summed E-state index contributed by atoms with van der Waals surface area (Å²) in [6.07, 6.45) is 0. The fourth-order valence-corrected chi connectivity index (χ4v) is 9.84. The van der Waals surface area contributed by atoms with Gasteiger partial charge < -0.3 is 18.6 Å². The molecule has 0 bridgehead atoms. The van der Waals surface area contributed by atoms with E-state index in [2.05, 4.69) is 215 Å². The Morgan fingerprint density at radius 3 is 0.952 bits per heavy atom. The van der Waals surface area contributed by atoms with Gasteiger partial charge in [0, 0.05) is 44.0 Å². The second-order valence-corrected chi connectivity index (χ2v) is 16.0. The minimum absolute atomic E-state index is 0.802. The Hall–Kier alpha value is -8.08. The van der Waals surface area contributed by atoms with Crippen LogP contribution in [-0.2, 0) is 0 Å². The standard InChI is InChI=1S/C58H40N2O2/c1-61-55-33-25-41-35-39(37-19-27-43(28-20-37)59-51-15-7-3-11-47(51)48-12-4-8-16-52(48)59)23-31-45(41)57(55)58-46-32-24-40(36-42(46)26-34-56(58)62-2)38-21-29-44(30-22-38)60-53-17-9-5-13-49(53)50-14-6-10-18-54(50)60/h3-36H,1-2H3. The molecule has 4 heteroatoms. The highest BCUT2D eigenvalue weighted by atomic mass is 16.5. The van der Waals surface area contributed by atoms with Crippen LogP contribution in [0.2, 0.25) is 0 Å². The summed E-state index contributed by atoms with van der Waals surface area (Å²) in [5.74, 6) is 1.60. The predicted molar refractivity (Wildman–Crippen MR) is 260 cm³/mol. The zero-order valence-corrected chi connectivity index (χ0v) is 34.3. The molecule has 10 aromatic carbocycles. The summed E-state index contributed by atoms with van der Waals surface area (Å²) in [5.41, 5.74) is 13.8. The average molecular weight is 797 g/mol. The molecule has 0 N–H and O–H groups in total. The van der Waals surface area contributed by atoms with Crippen molar-refractivity contribution in [2.45, 2.75) is 0 Å². The number of hydrogen-bond donors (Lipinski definition) is 0. The van der Waals surface area contributed by atoms with Gasteiger partial charge in [-0.1, -0.05) is 133 Å². The van der Waals surface area contributed by atoms with E-state index in [4.69, 9.17) is 9.47 Å². The highest BCUT2D eigenvalue weighted by molar-refractivity contribution is 6.12. The minimum Gasteiger partial charge on any atom is -0.496 e. The predicted octanol–water partition coefficient (Wildman–Crippen LogP) is 15.2. The lowest BCUT2D eigenvalue weighted by atomic mass is 9.90. The SMILES string of the molecule is COc1ccc2cc(-c3ccc(-n4c5ccccc5c5ccccc54)cc3)ccc2c1-c1c(OC)ccc2cc(-c3ccc(-n4c5ccccc5c5ccccc54)cc3)ccc12. The summed E-state index contributed by atoms with van der Waals surface area (Å²) in [6, 6.07) is 74.4. The van der Waals surface area contributed by atoms with E-state index in [9.17, 15) is 0 Å². The first-order valence-corrected chi connectivity index (χ1v) is 21.1. The molecule has 12 rings (SSSR count). The number of rotatable bonds is 7. The van der Waals surface area contributed by atoms with E-state index in [1.54, 1.807) is 14.2 Å². The van der Waals surface area contributed by atoms with Crippen molar-refractivity contribution >= 4 is 65.2 Å². The zero-order valence-electron chi connectivity index (χ0n) is 34.3. The van der Waals surface area contributed by atoms with Crippen molar-refractivity contribution < 1.29 is 9.47 Å². The lowest BCUT2D eigenvalue weighted by molar-refractivity contribution is 0.411. The third kappa shape index (κ3) is 5.54. The summed E-state index contributed by atoms with van der Waals surface area (Å²) >= 11 is 0. The second-order valence-electron chi connectivity index (χ2n) is 16.0. The Bertz CT molecular complexity index is 3350. The van der Waals surface area contributed by atoms with Gasteiger partial charge in [0.1, 0.15) is 11.5 Å². The molecule has 0 aliphatic heterocycles. The summed E-state index contributed by atoms with van der Waals surface area (Å²) < 4.78 is 16.9. The van der Waals surface area contributed by atoms with Crippen LogP contribution >= 0.6 is 0 Å². The van der Waals surface area contributed by atoms with E-state index in [0.717, 1.165) is 77.8 Å². The van der Waals surface area contributed by atoms with Gasteiger partial charge in [-0.15, -0.1) is 0 Å². The highest BCUT2D eigenvalue weighted by Crippen LogP contribution is 2.47. The molecule has 0 saturated heterocycles. The van der Waals surface area contributed by atoms with Crippen LogP contribution in [0.5, 0.6) is 11.5 Å². The third-order valence-electron chi connectivity index (χ3n) is 12.7. The Morgan fingerprint density at radius 1 is 0.290 bits per heavy atom. The van der Waals surface area contributed by atoms with Gasteiger partial charge in [-0.05, 0) is 117 Å². The highest BCUT2D eigenvalue weighted by Gasteiger charge is 2.20. The Kier molecular flexibility index (Phi) is 8.26. The molecule has 0 amide bonds. The van der Waals surface area contributed by atoms with Crippen molar-refractivity contribution in [2.75, 3.05) is 14.2 Å². The van der Waals surface area contributed by atoms with Gasteiger partial charge >= 0.3 is 0 Å². The number of aromatic nitrogens is 2. The lowest BCUT2D eigenvalue weighted by Crippen LogP contribution is -1.95. The van der Waals surface area contributed by atoms with Crippen molar-refractivity contribution in [3.8, 4) is 56.3 Å². The fraction of sp³-hybridized carbons (Fsp3) is 0.0345. The fourth-order valence-electron chi connectivity index (χ4n) is 9.84. The summed E-state index contributed by atoms with van der Waals surface area (Å²) in [7, 11) is 3.49. The molecule has 2 heterocycles. The monoisotopic (exact) mass is 796 g/mol. The molecule has 0 saturated carbocycles. The molecular weight excluding hydrogens is 757 g/mol. The summed E-state index contributed by atoms with van der Waals surface area (Å²) in [4.78, 5) is 0. The van der Waals surface area contributed by atoms with E-state index in [-0.39, 0.29) is 0 Å². The van der Waals surface area contributed by atoms with Gasteiger partial charge in [-0.2, -0.15) is 0 Å². The quantitative estimate of drug-likeness (QED) is 0.161. The smallest absolute Gasteiger partial charge is 0.127 e. The molecule has 62 heavy (non-hydrogen) atoms. The van der Waals surface area contributed by atoms with Crippen LogP contribution in [0.1, 0.15) is 0 Å². The molecule has 0 unspecified atom stereocenters. The van der Waals surface area contributed by atoms with Crippen molar-refractivity contribution in [1.29, 1.82) is 0 Å². The maximum atomic E-state index is 6.11. The van der Waals surface area contributed by atoms with Gasteiger partial charge in [0.2, 0.25) is 0 Å². The molecule has 0 atom stereocenters. The Morgan fingerprint density at radius 2 is 0.613 bits per heavy atom. The van der Waals surface area contributed by atoms with Crippen molar-refractivity contribution in [1.82, 2.24) is 9.13 Å². The van der Waals surface area contributed by atoms with Crippen molar-refractivity contribution in [2.24, 2.45) is 0 Å². The minimum atomic E-state index is 0.802. The van der Waals surface area contributed by atoms with Gasteiger partial charge in [0.25, 0.3) is 0 Å². The van der Waals surface area contributed by atoms with E-state index in [1.165, 1.54) is 43.6 Å². The number of fused-ring (bicyclic) bond motifs is 8. The van der Waals surface area contributed by atoms with Crippen LogP contribution in [0.15, 0.2) is 206 Å². The van der Waals surface area contributed by atoms with Crippen molar-refractivity contribution in [3.05, 3.63) is 206 Å². The van der Waals surface area contributed by atoms with Crippen molar-refractivity contribution in [3.63, 3.8) is 0 Å². The molecule has 0 spiro atoms. The van der Waals surface area contributed by atoms with E-state index >= 15 is 0 Å². The number of nitrogens with zero attached hydrogens (tertiary/aromatic N) is 2. The van der Waals surface area contributed by atoms with Crippen LogP contribution in [0, 0.1) is 0 Å². The first kappa shape index (κ1) is 35.8. The van der Waals surface area contributed by atoms with Crippen LogP contribution in [0.3, 0.4) is 0 Å². The van der Waals surface area contributed by atoms with Gasteiger partial charge in [-0.25, -0.2) is 0 Å². The molecule has 0 radical (unpaired) electrons. The number of benzene rings is 10. The maximum absolute atomic E-state index is 6.11. The third-order valence-corrected chi connectivity index (χ3v) is 12.7. The Labute approximate surface area is 359 Å². The zero-order chi connectivity index (χ0) is 41.3. The van der Waals surface area contributed by atoms with Gasteiger partial charge in [-0.3, -0.25) is 0 Å². The first-order valence-electron chi connectivity index (χ1n) is 21.1. The van der Waals surface area contributed by atoms with Crippen LogP contribution < -0.4 is 9.47 Å². The Balaban J connectivity index is 0.916. The number of methoxy groups -OCH3 is 2. The van der Waals surface area contributed by atoms with Gasteiger partial charge in [0.15, 0.2) is 0 Å². The maximum Gasteiger partial charge on any atom is 0.127 e. The second kappa shape index (κ2) is 14.3. The van der Waals surface area contributed by atoms with Crippen LogP contribution in [0.4, 0.5) is 0 Å². The summed E-state index contributed by atoms with van der Waals surface area (Å²) in [6.45, 7) is 0.